The number of hydroxylamine groups is 1. The van der Waals surface area contributed by atoms with Crippen molar-refractivity contribution in [3.8, 4) is 11.5 Å². The van der Waals surface area contributed by atoms with E-state index in [1.54, 1.807) is 36.4 Å². The fraction of sp³-hybridized carbons (Fsp3) is 0.324. The highest BCUT2D eigenvalue weighted by molar-refractivity contribution is 7.92. The van der Waals surface area contributed by atoms with Crippen LogP contribution >= 0.6 is 0 Å². The van der Waals surface area contributed by atoms with Crippen LogP contribution in [0.2, 0.25) is 0 Å². The number of nitrogens with zero attached hydrogens (tertiary/aromatic N) is 1. The molecule has 0 aliphatic rings. The van der Waals surface area contributed by atoms with Gasteiger partial charge in [-0.2, -0.15) is 0 Å². The van der Waals surface area contributed by atoms with Gasteiger partial charge >= 0.3 is 0 Å². The molecule has 2 N–H and O–H groups in total. The van der Waals surface area contributed by atoms with Gasteiger partial charge in [-0.3, -0.25) is 9.52 Å². The quantitative estimate of drug-likeness (QED) is 0.144. The van der Waals surface area contributed by atoms with E-state index in [0.717, 1.165) is 23.5 Å². The molecule has 4 rings (SSSR count). The molecule has 42 heavy (non-hydrogen) atoms. The Labute approximate surface area is 249 Å². The Morgan fingerprint density at radius 2 is 1.52 bits per heavy atom. The summed E-state index contributed by atoms with van der Waals surface area (Å²) in [6.45, 7) is 14.3. The third-order valence-corrected chi connectivity index (χ3v) is 9.60. The number of phenolic OH excluding ortho intramolecular Hbond substituents is 1. The first-order valence-corrected chi connectivity index (χ1v) is 15.7. The van der Waals surface area contributed by atoms with E-state index in [2.05, 4.69) is 52.3 Å². The van der Waals surface area contributed by atoms with Gasteiger partial charge in [-0.1, -0.05) is 84.0 Å². The van der Waals surface area contributed by atoms with E-state index in [9.17, 15) is 18.3 Å². The van der Waals surface area contributed by atoms with Crippen LogP contribution in [0.3, 0.4) is 0 Å². The van der Waals surface area contributed by atoms with Crippen LogP contribution in [0.1, 0.15) is 72.4 Å². The molecule has 222 valence electrons. The van der Waals surface area contributed by atoms with E-state index in [-0.39, 0.29) is 27.2 Å². The molecule has 1 amide bonds. The third-order valence-electron chi connectivity index (χ3n) is 8.24. The first-order chi connectivity index (χ1) is 19.7. The molecule has 0 spiro atoms. The molecular formula is C34H40N2O5S. The van der Waals surface area contributed by atoms with E-state index in [4.69, 9.17) is 4.84 Å². The molecule has 0 saturated carbocycles. The number of sulfonamides is 1. The third kappa shape index (κ3) is 6.23. The summed E-state index contributed by atoms with van der Waals surface area (Å²) in [5, 5.41) is 12.4. The number of rotatable bonds is 10. The molecule has 0 unspecified atom stereocenters. The molecule has 0 radical (unpaired) electrons. The van der Waals surface area contributed by atoms with E-state index < -0.39 is 15.9 Å². The molecule has 0 aromatic heterocycles. The molecule has 0 fully saturated rings. The zero-order chi connectivity index (χ0) is 30.9. The number of amides is 1. The predicted molar refractivity (Wildman–Crippen MR) is 170 cm³/mol. The largest absolute Gasteiger partial charge is 0.507 e. The number of benzene rings is 4. The van der Waals surface area contributed by atoms with Gasteiger partial charge in [0.25, 0.3) is 15.9 Å². The highest BCUT2D eigenvalue weighted by atomic mass is 32.2. The Balaban J connectivity index is 1.72. The van der Waals surface area contributed by atoms with Gasteiger partial charge in [0, 0.05) is 23.3 Å². The number of nitrogens with one attached hydrogen (secondary N) is 1. The Bertz CT molecular complexity index is 1730. The van der Waals surface area contributed by atoms with Crippen LogP contribution in [0.25, 0.3) is 10.8 Å². The fourth-order valence-corrected chi connectivity index (χ4v) is 5.82. The van der Waals surface area contributed by atoms with Crippen molar-refractivity contribution < 1.29 is 23.2 Å². The summed E-state index contributed by atoms with van der Waals surface area (Å²) >= 11 is 0. The number of carbonyl (C=O) groups is 1. The van der Waals surface area contributed by atoms with Crippen LogP contribution in [0, 0.1) is 0 Å². The average molecular weight is 589 g/mol. The second kappa shape index (κ2) is 11.7. The van der Waals surface area contributed by atoms with Crippen LogP contribution < -0.4 is 14.6 Å². The second-order valence-corrected chi connectivity index (χ2v) is 13.6. The monoisotopic (exact) mass is 588 g/mol. The van der Waals surface area contributed by atoms with Crippen LogP contribution in [0.15, 0.2) is 83.8 Å². The number of anilines is 2. The van der Waals surface area contributed by atoms with Gasteiger partial charge in [-0.25, -0.2) is 8.42 Å². The zero-order valence-electron chi connectivity index (χ0n) is 25.4. The molecule has 0 saturated heterocycles. The van der Waals surface area contributed by atoms with Crippen LogP contribution in [-0.4, -0.2) is 19.4 Å². The van der Waals surface area contributed by atoms with Crippen molar-refractivity contribution in [2.75, 3.05) is 9.79 Å². The van der Waals surface area contributed by atoms with Crippen molar-refractivity contribution in [3.63, 3.8) is 0 Å². The molecule has 0 bridgehead atoms. The lowest BCUT2D eigenvalue weighted by Crippen LogP contribution is -2.33. The van der Waals surface area contributed by atoms with Crippen molar-refractivity contribution in [3.05, 3.63) is 90.0 Å². The zero-order valence-corrected chi connectivity index (χ0v) is 26.2. The molecule has 7 nitrogen and oxygen atoms in total. The summed E-state index contributed by atoms with van der Waals surface area (Å²) in [6.07, 6.45) is 1.82. The lowest BCUT2D eigenvalue weighted by atomic mass is 9.76. The SMILES string of the molecule is CCC(C)(C)c1ccc(ON(C(C)=O)c2cccc(S(=O)(=O)Nc3ccc(O)c4ccccc34)c2)c(C(C)(C)CC)c1. The van der Waals surface area contributed by atoms with Crippen LogP contribution in [-0.2, 0) is 25.6 Å². The minimum Gasteiger partial charge on any atom is -0.507 e. The van der Waals surface area contributed by atoms with Crippen molar-refractivity contribution in [2.24, 2.45) is 0 Å². The van der Waals surface area contributed by atoms with Gasteiger partial charge in [0.1, 0.15) is 5.75 Å². The highest BCUT2D eigenvalue weighted by Crippen LogP contribution is 2.39. The molecule has 0 aliphatic carbocycles. The number of carbonyl (C=O) groups excluding carboxylic acids is 1. The van der Waals surface area contributed by atoms with Crippen molar-refractivity contribution in [1.82, 2.24) is 0 Å². The van der Waals surface area contributed by atoms with E-state index in [0.29, 0.717) is 22.2 Å². The predicted octanol–water partition coefficient (Wildman–Crippen LogP) is 8.07. The summed E-state index contributed by atoms with van der Waals surface area (Å²) in [4.78, 5) is 19.1. The Hall–Kier alpha value is -4.04. The second-order valence-electron chi connectivity index (χ2n) is 11.9. The summed E-state index contributed by atoms with van der Waals surface area (Å²) in [6, 6.07) is 22.1. The minimum atomic E-state index is -4.06. The molecule has 0 heterocycles. The van der Waals surface area contributed by atoms with Gasteiger partial charge in [0.05, 0.1) is 16.3 Å². The summed E-state index contributed by atoms with van der Waals surface area (Å²) in [5.41, 5.74) is 2.49. The van der Waals surface area contributed by atoms with Crippen molar-refractivity contribution in [1.29, 1.82) is 0 Å². The van der Waals surface area contributed by atoms with Gasteiger partial charge in [0.15, 0.2) is 5.75 Å². The molecule has 4 aromatic carbocycles. The lowest BCUT2D eigenvalue weighted by molar-refractivity contribution is -0.120. The summed E-state index contributed by atoms with van der Waals surface area (Å²) in [7, 11) is -4.06. The van der Waals surface area contributed by atoms with Gasteiger partial charge in [-0.05, 0) is 65.6 Å². The number of aromatic hydroxyl groups is 1. The topological polar surface area (TPSA) is 95.9 Å². The normalized spacial score (nSPS) is 12.3. The first-order valence-electron chi connectivity index (χ1n) is 14.2. The maximum absolute atomic E-state index is 13.5. The minimum absolute atomic E-state index is 0.0319. The van der Waals surface area contributed by atoms with Crippen molar-refractivity contribution >= 4 is 38.1 Å². The smallest absolute Gasteiger partial charge is 0.261 e. The lowest BCUT2D eigenvalue weighted by Gasteiger charge is -2.32. The molecular weight excluding hydrogens is 548 g/mol. The van der Waals surface area contributed by atoms with E-state index in [1.807, 2.05) is 12.1 Å². The van der Waals surface area contributed by atoms with Crippen LogP contribution in [0.5, 0.6) is 11.5 Å². The number of hydrogen-bond acceptors (Lipinski definition) is 5. The first kappa shape index (κ1) is 30.9. The van der Waals surface area contributed by atoms with Gasteiger partial charge in [0.2, 0.25) is 0 Å². The number of fused-ring (bicyclic) bond motifs is 1. The Kier molecular flexibility index (Phi) is 8.60. The average Bonchev–Trinajstić information content (AvgIpc) is 2.97. The van der Waals surface area contributed by atoms with E-state index in [1.165, 1.54) is 36.8 Å². The Morgan fingerprint density at radius 1 is 0.857 bits per heavy atom. The molecule has 0 aliphatic heterocycles. The summed E-state index contributed by atoms with van der Waals surface area (Å²) < 4.78 is 29.6. The molecule has 4 aromatic rings. The molecule has 0 atom stereocenters. The maximum atomic E-state index is 13.5. The van der Waals surface area contributed by atoms with Crippen LogP contribution in [0.4, 0.5) is 11.4 Å². The number of phenols is 1. The fourth-order valence-electron chi connectivity index (χ4n) is 4.70. The molecule has 8 heteroatoms. The Morgan fingerprint density at radius 3 is 2.17 bits per heavy atom. The maximum Gasteiger partial charge on any atom is 0.261 e. The van der Waals surface area contributed by atoms with E-state index >= 15 is 0 Å². The summed E-state index contributed by atoms with van der Waals surface area (Å²) in [5.74, 6) is 0.191. The number of hydrogen-bond donors (Lipinski definition) is 2. The highest BCUT2D eigenvalue weighted by Gasteiger charge is 2.29. The standard InChI is InChI=1S/C34H40N2O5S/c1-8-33(4,5)24-17-20-32(29(21-24)34(6,7)9-2)41-36(23(3)37)25-13-12-14-26(22-25)42(39,40)35-30-18-19-31(38)28-16-11-10-15-27(28)30/h10-22,35,38H,8-9H2,1-7H3. The van der Waals surface area contributed by atoms with Crippen molar-refractivity contribution in [2.45, 2.75) is 77.0 Å². The van der Waals surface area contributed by atoms with Gasteiger partial charge < -0.3 is 9.94 Å². The van der Waals surface area contributed by atoms with Gasteiger partial charge in [-0.15, -0.1) is 5.06 Å².